The lowest BCUT2D eigenvalue weighted by molar-refractivity contribution is -0.145. The smallest absolute Gasteiger partial charge is 0.308 e. The first-order chi connectivity index (χ1) is 8.53. The summed E-state index contributed by atoms with van der Waals surface area (Å²) in [6.45, 7) is 1.80. The lowest BCUT2D eigenvalue weighted by atomic mass is 9.74. The molecule has 0 aliphatic heterocycles. The van der Waals surface area contributed by atoms with Crippen LogP contribution in [0.1, 0.15) is 42.3 Å². The fourth-order valence-corrected chi connectivity index (χ4v) is 2.88. The number of hydrogen-bond acceptors (Lipinski definition) is 5. The van der Waals surface area contributed by atoms with Crippen LogP contribution in [-0.4, -0.2) is 32.1 Å². The molecule has 0 spiro atoms. The number of nitrogens with one attached hydrogen (secondary N) is 1. The number of hydrogen-bond donors (Lipinski definition) is 2. The zero-order chi connectivity index (χ0) is 13.2. The molecule has 0 saturated heterocycles. The van der Waals surface area contributed by atoms with Crippen LogP contribution in [0.25, 0.3) is 0 Å². The summed E-state index contributed by atoms with van der Waals surface area (Å²) in [6.07, 6.45) is 4.50. The van der Waals surface area contributed by atoms with Crippen molar-refractivity contribution in [1.29, 1.82) is 0 Å². The molecule has 6 nitrogen and oxygen atoms in total. The molecule has 2 N–H and O–H groups in total. The van der Waals surface area contributed by atoms with Gasteiger partial charge in [0.05, 0.1) is 17.7 Å². The molecule has 2 rings (SSSR count). The summed E-state index contributed by atoms with van der Waals surface area (Å²) in [4.78, 5) is 23.6. The van der Waals surface area contributed by atoms with E-state index in [4.69, 9.17) is 0 Å². The predicted octanol–water partition coefficient (Wildman–Crippen LogP) is 1.30. The molecular weight excluding hydrogens is 254 g/mol. The molecule has 1 aromatic rings. The van der Waals surface area contributed by atoms with Gasteiger partial charge in [0.1, 0.15) is 4.88 Å². The van der Waals surface area contributed by atoms with Crippen LogP contribution >= 0.6 is 11.5 Å². The van der Waals surface area contributed by atoms with Crippen molar-refractivity contribution in [1.82, 2.24) is 14.9 Å². The molecule has 1 aliphatic rings. The van der Waals surface area contributed by atoms with E-state index in [1.807, 2.05) is 0 Å². The second-order valence-corrected chi connectivity index (χ2v) is 5.58. The normalized spacial score (nSPS) is 27.7. The van der Waals surface area contributed by atoms with Crippen LogP contribution < -0.4 is 5.32 Å². The fraction of sp³-hybridized carbons (Fsp3) is 0.636. The van der Waals surface area contributed by atoms with Gasteiger partial charge in [0.2, 0.25) is 0 Å². The summed E-state index contributed by atoms with van der Waals surface area (Å²) < 4.78 is 3.63. The Bertz CT molecular complexity index is 448. The number of amides is 1. The summed E-state index contributed by atoms with van der Waals surface area (Å²) in [5.41, 5.74) is -0.689. The summed E-state index contributed by atoms with van der Waals surface area (Å²) in [7, 11) is 0. The van der Waals surface area contributed by atoms with Gasteiger partial charge in [-0.2, -0.15) is 0 Å². The van der Waals surface area contributed by atoms with Crippen LogP contribution in [0.4, 0.5) is 0 Å². The number of nitrogens with zero attached hydrogens (tertiary/aromatic N) is 2. The number of carboxylic acids is 1. The Morgan fingerprint density at radius 2 is 2.33 bits per heavy atom. The Morgan fingerprint density at radius 1 is 1.56 bits per heavy atom. The SMILES string of the molecule is CC1(NC(=O)c2cnns2)CCCCC1C(=O)O. The molecule has 0 radical (unpaired) electrons. The van der Waals surface area contributed by atoms with E-state index in [-0.39, 0.29) is 5.91 Å². The number of carboxylic acid groups (broad SMARTS) is 1. The summed E-state index contributed by atoms with van der Waals surface area (Å²) >= 11 is 1.01. The minimum atomic E-state index is -0.847. The molecule has 18 heavy (non-hydrogen) atoms. The third kappa shape index (κ3) is 2.50. The third-order valence-electron chi connectivity index (χ3n) is 3.49. The lowest BCUT2D eigenvalue weighted by Gasteiger charge is -2.39. The van der Waals surface area contributed by atoms with Gasteiger partial charge in [-0.25, -0.2) is 0 Å². The van der Waals surface area contributed by atoms with Crippen molar-refractivity contribution in [2.24, 2.45) is 5.92 Å². The van der Waals surface area contributed by atoms with Gasteiger partial charge in [-0.3, -0.25) is 9.59 Å². The minimum Gasteiger partial charge on any atom is -0.481 e. The maximum Gasteiger partial charge on any atom is 0.308 e. The molecule has 1 aliphatic carbocycles. The van der Waals surface area contributed by atoms with Crippen molar-refractivity contribution in [2.45, 2.75) is 38.1 Å². The van der Waals surface area contributed by atoms with E-state index >= 15 is 0 Å². The lowest BCUT2D eigenvalue weighted by Crippen LogP contribution is -2.55. The van der Waals surface area contributed by atoms with Gasteiger partial charge in [0.15, 0.2) is 0 Å². The molecule has 2 unspecified atom stereocenters. The number of carbonyl (C=O) groups excluding carboxylic acids is 1. The third-order valence-corrected chi connectivity index (χ3v) is 4.15. The van der Waals surface area contributed by atoms with Crippen LogP contribution in [0.5, 0.6) is 0 Å². The van der Waals surface area contributed by atoms with Crippen LogP contribution in [0, 0.1) is 5.92 Å². The number of carbonyl (C=O) groups is 2. The van der Waals surface area contributed by atoms with Crippen molar-refractivity contribution in [3.8, 4) is 0 Å². The van der Waals surface area contributed by atoms with E-state index in [1.54, 1.807) is 6.92 Å². The van der Waals surface area contributed by atoms with Gasteiger partial charge in [-0.15, -0.1) is 5.10 Å². The van der Waals surface area contributed by atoms with Crippen molar-refractivity contribution >= 4 is 23.4 Å². The van der Waals surface area contributed by atoms with Crippen molar-refractivity contribution in [2.75, 3.05) is 0 Å². The van der Waals surface area contributed by atoms with Gasteiger partial charge in [0.25, 0.3) is 5.91 Å². The molecule has 2 atom stereocenters. The fourth-order valence-electron chi connectivity index (χ4n) is 2.47. The zero-order valence-electron chi connectivity index (χ0n) is 10.0. The molecule has 0 aromatic carbocycles. The molecule has 98 valence electrons. The second-order valence-electron chi connectivity index (χ2n) is 4.79. The highest BCUT2D eigenvalue weighted by Gasteiger charge is 2.42. The Morgan fingerprint density at radius 3 is 2.94 bits per heavy atom. The molecular formula is C11H15N3O3S. The van der Waals surface area contributed by atoms with Gasteiger partial charge < -0.3 is 10.4 Å². The zero-order valence-corrected chi connectivity index (χ0v) is 10.9. The van der Waals surface area contributed by atoms with Gasteiger partial charge in [-0.1, -0.05) is 17.3 Å². The number of aliphatic carboxylic acids is 1. The summed E-state index contributed by atoms with van der Waals surface area (Å²) in [5.74, 6) is -1.67. The maximum absolute atomic E-state index is 12.0. The van der Waals surface area contributed by atoms with E-state index in [0.29, 0.717) is 17.7 Å². The summed E-state index contributed by atoms with van der Waals surface area (Å²) in [5, 5.41) is 15.7. The Kier molecular flexibility index (Phi) is 3.60. The Labute approximate surface area is 109 Å². The topological polar surface area (TPSA) is 92.2 Å². The number of rotatable bonds is 3. The van der Waals surface area contributed by atoms with E-state index < -0.39 is 17.4 Å². The monoisotopic (exact) mass is 269 g/mol. The van der Waals surface area contributed by atoms with Gasteiger partial charge in [0, 0.05) is 0 Å². The Hall–Kier alpha value is -1.50. The van der Waals surface area contributed by atoms with E-state index in [1.165, 1.54) is 6.20 Å². The van der Waals surface area contributed by atoms with Crippen LogP contribution in [0.3, 0.4) is 0 Å². The predicted molar refractivity (Wildman–Crippen MR) is 65.4 cm³/mol. The maximum atomic E-state index is 12.0. The van der Waals surface area contributed by atoms with Crippen molar-refractivity contribution < 1.29 is 14.7 Å². The molecule has 1 aromatic heterocycles. The molecule has 1 amide bonds. The van der Waals surface area contributed by atoms with Crippen LogP contribution in [0.15, 0.2) is 6.20 Å². The first-order valence-corrected chi connectivity index (χ1v) is 6.63. The highest BCUT2D eigenvalue weighted by Crippen LogP contribution is 2.34. The molecule has 1 fully saturated rings. The highest BCUT2D eigenvalue weighted by molar-refractivity contribution is 7.07. The minimum absolute atomic E-state index is 0.291. The van der Waals surface area contributed by atoms with Gasteiger partial charge >= 0.3 is 5.97 Å². The standard InChI is InChI=1S/C11H15N3O3S/c1-11(5-3-2-4-7(11)10(16)17)13-9(15)8-6-12-14-18-8/h6-7H,2-5H2,1H3,(H,13,15)(H,16,17). The van der Waals surface area contributed by atoms with E-state index in [0.717, 1.165) is 24.4 Å². The highest BCUT2D eigenvalue weighted by atomic mass is 32.1. The average molecular weight is 269 g/mol. The second kappa shape index (κ2) is 5.01. The summed E-state index contributed by atoms with van der Waals surface area (Å²) in [6, 6.07) is 0. The van der Waals surface area contributed by atoms with Crippen LogP contribution in [0.2, 0.25) is 0 Å². The number of aromatic nitrogens is 2. The molecule has 1 heterocycles. The Balaban J connectivity index is 2.14. The molecule has 0 bridgehead atoms. The quantitative estimate of drug-likeness (QED) is 0.863. The largest absolute Gasteiger partial charge is 0.481 e. The van der Waals surface area contributed by atoms with E-state index in [2.05, 4.69) is 14.9 Å². The molecule has 7 heteroatoms. The first kappa shape index (κ1) is 12.9. The van der Waals surface area contributed by atoms with E-state index in [9.17, 15) is 14.7 Å². The van der Waals surface area contributed by atoms with Crippen LogP contribution in [-0.2, 0) is 4.79 Å². The average Bonchev–Trinajstić information content (AvgIpc) is 2.81. The van der Waals surface area contributed by atoms with Crippen molar-refractivity contribution in [3.63, 3.8) is 0 Å². The van der Waals surface area contributed by atoms with Gasteiger partial charge in [-0.05, 0) is 31.3 Å². The van der Waals surface area contributed by atoms with Crippen molar-refractivity contribution in [3.05, 3.63) is 11.1 Å². The molecule has 1 saturated carbocycles. The first-order valence-electron chi connectivity index (χ1n) is 5.85.